The molecule has 0 radical (unpaired) electrons. The Hall–Kier alpha value is -1.84. The normalized spacial score (nSPS) is 10.0. The van der Waals surface area contributed by atoms with Crippen molar-refractivity contribution < 1.29 is 14.3 Å². The highest BCUT2D eigenvalue weighted by Gasteiger charge is 2.12. The number of alkyl halides is 1. The van der Waals surface area contributed by atoms with E-state index in [1.165, 1.54) is 7.11 Å². The number of methoxy groups -OCH3 is 1. The van der Waals surface area contributed by atoms with Crippen LogP contribution in [0.2, 0.25) is 0 Å². The van der Waals surface area contributed by atoms with Crippen molar-refractivity contribution in [3.63, 3.8) is 0 Å². The standard InChI is InChI=1S/C17H13Br2NO3/c1-22-17-7-14(4-5-15(17)16(21)8-18)23-10-11-2-3-13(19)6-12(11)9-20/h2-7H,8,10H2,1H3. The molecule has 0 bridgehead atoms. The topological polar surface area (TPSA) is 59.3 Å². The van der Waals surface area contributed by atoms with Crippen molar-refractivity contribution in [1.29, 1.82) is 5.26 Å². The molecule has 23 heavy (non-hydrogen) atoms. The van der Waals surface area contributed by atoms with Gasteiger partial charge in [0.05, 0.1) is 29.6 Å². The van der Waals surface area contributed by atoms with Crippen molar-refractivity contribution in [2.75, 3.05) is 12.4 Å². The first kappa shape index (κ1) is 17.5. The molecule has 2 rings (SSSR count). The summed E-state index contributed by atoms with van der Waals surface area (Å²) in [6.45, 7) is 0.255. The number of Topliss-reactive ketones (excluding diaryl/α,β-unsaturated/α-hetero) is 1. The lowest BCUT2D eigenvalue weighted by Crippen LogP contribution is -2.04. The number of carbonyl (C=O) groups is 1. The van der Waals surface area contributed by atoms with Crippen molar-refractivity contribution in [1.82, 2.24) is 0 Å². The Morgan fingerprint density at radius 2 is 2.04 bits per heavy atom. The van der Waals surface area contributed by atoms with Crippen LogP contribution in [-0.2, 0) is 6.61 Å². The molecule has 0 fully saturated rings. The summed E-state index contributed by atoms with van der Waals surface area (Å²) in [6.07, 6.45) is 0. The van der Waals surface area contributed by atoms with Gasteiger partial charge in [0.25, 0.3) is 0 Å². The molecule has 0 atom stereocenters. The van der Waals surface area contributed by atoms with Crippen LogP contribution in [0.4, 0.5) is 0 Å². The molecule has 118 valence electrons. The molecule has 0 unspecified atom stereocenters. The van der Waals surface area contributed by atoms with Gasteiger partial charge in [0.1, 0.15) is 18.1 Å². The molecule has 0 aliphatic heterocycles. The van der Waals surface area contributed by atoms with E-state index in [9.17, 15) is 4.79 Å². The van der Waals surface area contributed by atoms with E-state index >= 15 is 0 Å². The first-order valence-electron chi connectivity index (χ1n) is 6.67. The fraction of sp³-hybridized carbons (Fsp3) is 0.176. The predicted octanol–water partition coefficient (Wildman–Crippen LogP) is 4.49. The van der Waals surface area contributed by atoms with Crippen LogP contribution in [0, 0.1) is 11.3 Å². The molecule has 6 heteroatoms. The third-order valence-electron chi connectivity index (χ3n) is 3.18. The van der Waals surface area contributed by atoms with Crippen molar-refractivity contribution in [3.8, 4) is 17.6 Å². The van der Waals surface area contributed by atoms with Gasteiger partial charge in [-0.3, -0.25) is 4.79 Å². The lowest BCUT2D eigenvalue weighted by atomic mass is 10.1. The lowest BCUT2D eigenvalue weighted by molar-refractivity contribution is 0.102. The molecule has 0 aromatic heterocycles. The highest BCUT2D eigenvalue weighted by atomic mass is 79.9. The molecule has 2 aromatic rings. The highest BCUT2D eigenvalue weighted by molar-refractivity contribution is 9.10. The monoisotopic (exact) mass is 437 g/mol. The van der Waals surface area contributed by atoms with E-state index in [4.69, 9.17) is 14.7 Å². The first-order chi connectivity index (χ1) is 11.1. The maximum absolute atomic E-state index is 11.8. The molecule has 0 heterocycles. The van der Waals surface area contributed by atoms with E-state index in [1.54, 1.807) is 24.3 Å². The van der Waals surface area contributed by atoms with E-state index in [-0.39, 0.29) is 17.7 Å². The fourth-order valence-corrected chi connectivity index (χ4v) is 2.67. The largest absolute Gasteiger partial charge is 0.496 e. The lowest BCUT2D eigenvalue weighted by Gasteiger charge is -2.11. The summed E-state index contributed by atoms with van der Waals surface area (Å²) in [7, 11) is 1.51. The predicted molar refractivity (Wildman–Crippen MR) is 94.3 cm³/mol. The molecule has 4 nitrogen and oxygen atoms in total. The van der Waals surface area contributed by atoms with E-state index in [0.717, 1.165) is 10.0 Å². The smallest absolute Gasteiger partial charge is 0.177 e. The van der Waals surface area contributed by atoms with Gasteiger partial charge in [-0.1, -0.05) is 37.9 Å². The molecule has 0 saturated heterocycles. The zero-order valence-electron chi connectivity index (χ0n) is 12.3. The molecule has 0 spiro atoms. The Kier molecular flexibility index (Phi) is 6.20. The van der Waals surface area contributed by atoms with Crippen molar-refractivity contribution in [2.24, 2.45) is 0 Å². The van der Waals surface area contributed by atoms with Gasteiger partial charge < -0.3 is 9.47 Å². The number of carbonyl (C=O) groups excluding carboxylic acids is 1. The Bertz CT molecular complexity index is 769. The minimum absolute atomic E-state index is 0.0620. The summed E-state index contributed by atoms with van der Waals surface area (Å²) in [6, 6.07) is 12.6. The zero-order chi connectivity index (χ0) is 16.8. The van der Waals surface area contributed by atoms with Gasteiger partial charge in [-0.05, 0) is 24.3 Å². The average Bonchev–Trinajstić information content (AvgIpc) is 2.59. The second-order valence-corrected chi connectivity index (χ2v) is 6.10. The Morgan fingerprint density at radius 3 is 2.70 bits per heavy atom. The van der Waals surface area contributed by atoms with Crippen molar-refractivity contribution in [3.05, 3.63) is 57.6 Å². The van der Waals surface area contributed by atoms with E-state index < -0.39 is 0 Å². The molecule has 0 aliphatic rings. The van der Waals surface area contributed by atoms with Crippen molar-refractivity contribution in [2.45, 2.75) is 6.61 Å². The zero-order valence-corrected chi connectivity index (χ0v) is 15.5. The molecular formula is C17H13Br2NO3. The van der Waals surface area contributed by atoms with Gasteiger partial charge in [0.15, 0.2) is 5.78 Å². The van der Waals surface area contributed by atoms with Gasteiger partial charge in [-0.2, -0.15) is 5.26 Å². The van der Waals surface area contributed by atoms with Crippen LogP contribution in [0.1, 0.15) is 21.5 Å². The van der Waals surface area contributed by atoms with Crippen LogP contribution < -0.4 is 9.47 Å². The average molecular weight is 439 g/mol. The summed E-state index contributed by atoms with van der Waals surface area (Å²) in [4.78, 5) is 11.8. The van der Waals surface area contributed by atoms with Crippen molar-refractivity contribution >= 4 is 37.6 Å². The summed E-state index contributed by atoms with van der Waals surface area (Å²) >= 11 is 6.48. The number of ketones is 1. The second kappa shape index (κ2) is 8.14. The van der Waals surface area contributed by atoms with Gasteiger partial charge >= 0.3 is 0 Å². The number of nitriles is 1. The minimum atomic E-state index is -0.0620. The Labute approximate surface area is 151 Å². The number of hydrogen-bond donors (Lipinski definition) is 0. The molecule has 2 aromatic carbocycles. The van der Waals surface area contributed by atoms with E-state index in [1.807, 2.05) is 12.1 Å². The minimum Gasteiger partial charge on any atom is -0.496 e. The number of nitrogens with zero attached hydrogens (tertiary/aromatic N) is 1. The SMILES string of the molecule is COc1cc(OCc2ccc(Br)cc2C#N)ccc1C(=O)CBr. The van der Waals surface area contributed by atoms with Crippen LogP contribution in [0.25, 0.3) is 0 Å². The van der Waals surface area contributed by atoms with Gasteiger partial charge in [0.2, 0.25) is 0 Å². The number of ether oxygens (including phenoxy) is 2. The van der Waals surface area contributed by atoms with Crippen LogP contribution in [-0.4, -0.2) is 18.2 Å². The third kappa shape index (κ3) is 4.34. The first-order valence-corrected chi connectivity index (χ1v) is 8.59. The number of hydrogen-bond acceptors (Lipinski definition) is 4. The summed E-state index contributed by atoms with van der Waals surface area (Å²) in [5.74, 6) is 0.969. The second-order valence-electron chi connectivity index (χ2n) is 4.62. The molecule has 0 saturated carbocycles. The van der Waals surface area contributed by atoms with Crippen LogP contribution in [0.15, 0.2) is 40.9 Å². The molecule has 0 aliphatic carbocycles. The van der Waals surface area contributed by atoms with Crippen LogP contribution >= 0.6 is 31.9 Å². The summed E-state index contributed by atoms with van der Waals surface area (Å²) in [5.41, 5.74) is 1.84. The Morgan fingerprint density at radius 1 is 1.26 bits per heavy atom. The van der Waals surface area contributed by atoms with Crippen LogP contribution in [0.3, 0.4) is 0 Å². The number of rotatable bonds is 6. The van der Waals surface area contributed by atoms with Gasteiger partial charge in [-0.15, -0.1) is 0 Å². The van der Waals surface area contributed by atoms with E-state index in [0.29, 0.717) is 22.6 Å². The molecule has 0 amide bonds. The highest BCUT2D eigenvalue weighted by Crippen LogP contribution is 2.26. The van der Waals surface area contributed by atoms with Gasteiger partial charge in [-0.25, -0.2) is 0 Å². The van der Waals surface area contributed by atoms with Crippen LogP contribution in [0.5, 0.6) is 11.5 Å². The van der Waals surface area contributed by atoms with Gasteiger partial charge in [0, 0.05) is 16.1 Å². The number of halogens is 2. The fourth-order valence-electron chi connectivity index (χ4n) is 2.00. The molecular weight excluding hydrogens is 426 g/mol. The maximum atomic E-state index is 11.8. The summed E-state index contributed by atoms with van der Waals surface area (Å²) < 4.78 is 11.8. The Balaban J connectivity index is 2.19. The quantitative estimate of drug-likeness (QED) is 0.492. The third-order valence-corrected chi connectivity index (χ3v) is 4.18. The van der Waals surface area contributed by atoms with E-state index in [2.05, 4.69) is 37.9 Å². The number of benzene rings is 2. The maximum Gasteiger partial charge on any atom is 0.177 e. The molecule has 0 N–H and O–H groups in total. The summed E-state index contributed by atoms with van der Waals surface area (Å²) in [5, 5.41) is 9.39.